The lowest BCUT2D eigenvalue weighted by Gasteiger charge is -2.35. The third-order valence-corrected chi connectivity index (χ3v) is 4.95. The minimum Gasteiger partial charge on any atom is -0.352 e. The average molecular weight is 358 g/mol. The molecule has 142 valence electrons. The highest BCUT2D eigenvalue weighted by molar-refractivity contribution is 5.95. The Labute approximate surface area is 156 Å². The molecule has 0 bridgehead atoms. The smallest absolute Gasteiger partial charge is 0.241 e. The lowest BCUT2D eigenvalue weighted by atomic mass is 10.2. The fourth-order valence-electron chi connectivity index (χ4n) is 3.40. The predicted molar refractivity (Wildman–Crippen MR) is 103 cm³/mol. The topological polar surface area (TPSA) is 55.9 Å². The SMILES string of the molecule is CC(C)N(C(=O)CN1CCN(CC(=O)NC2CC2)CC1)c1ccccc1. The van der Waals surface area contributed by atoms with E-state index in [-0.39, 0.29) is 17.9 Å². The fourth-order valence-corrected chi connectivity index (χ4v) is 3.40. The highest BCUT2D eigenvalue weighted by atomic mass is 16.2. The molecule has 1 heterocycles. The zero-order valence-electron chi connectivity index (χ0n) is 15.9. The van der Waals surface area contributed by atoms with Gasteiger partial charge in [0.2, 0.25) is 11.8 Å². The van der Waals surface area contributed by atoms with Crippen molar-refractivity contribution in [3.8, 4) is 0 Å². The number of rotatable bonds is 7. The van der Waals surface area contributed by atoms with Gasteiger partial charge in [0.15, 0.2) is 0 Å². The van der Waals surface area contributed by atoms with Gasteiger partial charge in [-0.3, -0.25) is 19.4 Å². The molecule has 1 aliphatic heterocycles. The first-order valence-corrected chi connectivity index (χ1v) is 9.64. The van der Waals surface area contributed by atoms with E-state index in [9.17, 15) is 9.59 Å². The first kappa shape index (κ1) is 18.9. The maximum absolute atomic E-state index is 12.8. The van der Waals surface area contributed by atoms with Crippen molar-refractivity contribution >= 4 is 17.5 Å². The van der Waals surface area contributed by atoms with Crippen LogP contribution in [0.1, 0.15) is 26.7 Å². The zero-order chi connectivity index (χ0) is 18.5. The van der Waals surface area contributed by atoms with Gasteiger partial charge in [-0.1, -0.05) is 18.2 Å². The number of benzene rings is 1. The summed E-state index contributed by atoms with van der Waals surface area (Å²) in [5.41, 5.74) is 0.947. The van der Waals surface area contributed by atoms with Gasteiger partial charge in [0.25, 0.3) is 0 Å². The molecule has 2 fully saturated rings. The van der Waals surface area contributed by atoms with Crippen LogP contribution in [0.4, 0.5) is 5.69 Å². The molecule has 26 heavy (non-hydrogen) atoms. The first-order chi connectivity index (χ1) is 12.5. The van der Waals surface area contributed by atoms with E-state index in [0.29, 0.717) is 19.1 Å². The molecule has 1 aliphatic carbocycles. The molecule has 6 heteroatoms. The highest BCUT2D eigenvalue weighted by Gasteiger charge is 2.27. The van der Waals surface area contributed by atoms with E-state index in [1.54, 1.807) is 0 Å². The van der Waals surface area contributed by atoms with Gasteiger partial charge in [-0.05, 0) is 38.8 Å². The van der Waals surface area contributed by atoms with Gasteiger partial charge in [-0.15, -0.1) is 0 Å². The second-order valence-corrected chi connectivity index (χ2v) is 7.59. The van der Waals surface area contributed by atoms with Gasteiger partial charge in [0, 0.05) is 44.0 Å². The third kappa shape index (κ3) is 5.29. The molecular formula is C20H30N4O2. The predicted octanol–water partition coefficient (Wildman–Crippen LogP) is 1.32. The number of hydrogen-bond acceptors (Lipinski definition) is 4. The van der Waals surface area contributed by atoms with Gasteiger partial charge in [-0.25, -0.2) is 0 Å². The Balaban J connectivity index is 1.46. The van der Waals surface area contributed by atoms with Crippen molar-refractivity contribution in [2.24, 2.45) is 0 Å². The van der Waals surface area contributed by atoms with Gasteiger partial charge >= 0.3 is 0 Å². The monoisotopic (exact) mass is 358 g/mol. The Morgan fingerprint density at radius 2 is 1.62 bits per heavy atom. The molecule has 1 aromatic rings. The maximum atomic E-state index is 12.8. The lowest BCUT2D eigenvalue weighted by molar-refractivity contribution is -0.124. The van der Waals surface area contributed by atoms with E-state index in [1.807, 2.05) is 49.1 Å². The summed E-state index contributed by atoms with van der Waals surface area (Å²) >= 11 is 0. The molecule has 2 amide bonds. The Hall–Kier alpha value is -1.92. The van der Waals surface area contributed by atoms with Crippen molar-refractivity contribution in [1.29, 1.82) is 0 Å². The van der Waals surface area contributed by atoms with E-state index >= 15 is 0 Å². The van der Waals surface area contributed by atoms with Crippen molar-refractivity contribution in [3.05, 3.63) is 30.3 Å². The fraction of sp³-hybridized carbons (Fsp3) is 0.600. The standard InChI is InChI=1S/C20H30N4O2/c1-16(2)24(18-6-4-3-5-7-18)20(26)15-23-12-10-22(11-13-23)14-19(25)21-17-8-9-17/h3-7,16-17H,8-15H2,1-2H3,(H,21,25). The van der Waals surface area contributed by atoms with E-state index in [1.165, 1.54) is 0 Å². The van der Waals surface area contributed by atoms with Crippen LogP contribution in [0, 0.1) is 0 Å². The number of carbonyl (C=O) groups excluding carboxylic acids is 2. The Kier molecular flexibility index (Phi) is 6.27. The van der Waals surface area contributed by atoms with Crippen LogP contribution >= 0.6 is 0 Å². The summed E-state index contributed by atoms with van der Waals surface area (Å²) in [6, 6.07) is 10.4. The molecule has 1 aromatic carbocycles. The van der Waals surface area contributed by atoms with Gasteiger partial charge in [0.05, 0.1) is 13.1 Å². The molecule has 0 radical (unpaired) electrons. The number of hydrogen-bond donors (Lipinski definition) is 1. The number of anilines is 1. The van der Waals surface area contributed by atoms with Gasteiger partial charge < -0.3 is 10.2 Å². The number of nitrogens with zero attached hydrogens (tertiary/aromatic N) is 3. The van der Waals surface area contributed by atoms with E-state index in [0.717, 1.165) is 44.7 Å². The van der Waals surface area contributed by atoms with Crippen LogP contribution < -0.4 is 10.2 Å². The summed E-state index contributed by atoms with van der Waals surface area (Å²) < 4.78 is 0. The Morgan fingerprint density at radius 1 is 1.04 bits per heavy atom. The van der Waals surface area contributed by atoms with Crippen LogP contribution in [0.3, 0.4) is 0 Å². The molecule has 0 spiro atoms. The normalized spacial score (nSPS) is 18.7. The van der Waals surface area contributed by atoms with Crippen LogP contribution in [0.5, 0.6) is 0 Å². The van der Waals surface area contributed by atoms with Gasteiger partial charge in [-0.2, -0.15) is 0 Å². The molecule has 1 N–H and O–H groups in total. The van der Waals surface area contributed by atoms with Crippen LogP contribution in [-0.4, -0.2) is 73.0 Å². The van der Waals surface area contributed by atoms with Crippen molar-refractivity contribution < 1.29 is 9.59 Å². The molecule has 6 nitrogen and oxygen atoms in total. The second-order valence-electron chi connectivity index (χ2n) is 7.59. The van der Waals surface area contributed by atoms with Crippen LogP contribution in [-0.2, 0) is 9.59 Å². The molecule has 3 rings (SSSR count). The lowest BCUT2D eigenvalue weighted by Crippen LogP contribution is -2.52. The second kappa shape index (κ2) is 8.64. The summed E-state index contributed by atoms with van der Waals surface area (Å²) in [5.74, 6) is 0.262. The van der Waals surface area contributed by atoms with Gasteiger partial charge in [0.1, 0.15) is 0 Å². The number of carbonyl (C=O) groups is 2. The van der Waals surface area contributed by atoms with E-state index in [2.05, 4.69) is 15.1 Å². The summed E-state index contributed by atoms with van der Waals surface area (Å²) in [7, 11) is 0. The minimum absolute atomic E-state index is 0.123. The molecule has 1 saturated heterocycles. The molecular weight excluding hydrogens is 328 g/mol. The Morgan fingerprint density at radius 3 is 2.15 bits per heavy atom. The van der Waals surface area contributed by atoms with Crippen LogP contribution in [0.15, 0.2) is 30.3 Å². The molecule has 0 unspecified atom stereocenters. The summed E-state index contributed by atoms with van der Waals surface area (Å²) in [6.45, 7) is 8.29. The molecule has 0 atom stereocenters. The van der Waals surface area contributed by atoms with Crippen molar-refractivity contribution in [2.75, 3.05) is 44.2 Å². The molecule has 1 saturated carbocycles. The molecule has 0 aromatic heterocycles. The zero-order valence-corrected chi connectivity index (χ0v) is 15.9. The number of piperazine rings is 1. The quantitative estimate of drug-likeness (QED) is 0.799. The first-order valence-electron chi connectivity index (χ1n) is 9.64. The van der Waals surface area contributed by atoms with Crippen LogP contribution in [0.2, 0.25) is 0 Å². The third-order valence-electron chi connectivity index (χ3n) is 4.95. The number of para-hydroxylation sites is 1. The largest absolute Gasteiger partial charge is 0.352 e. The molecule has 2 aliphatic rings. The maximum Gasteiger partial charge on any atom is 0.241 e. The van der Waals surface area contributed by atoms with Crippen molar-refractivity contribution in [2.45, 2.75) is 38.8 Å². The highest BCUT2D eigenvalue weighted by Crippen LogP contribution is 2.19. The Bertz CT molecular complexity index is 607. The van der Waals surface area contributed by atoms with E-state index < -0.39 is 0 Å². The number of nitrogens with one attached hydrogen (secondary N) is 1. The number of amides is 2. The van der Waals surface area contributed by atoms with Crippen molar-refractivity contribution in [1.82, 2.24) is 15.1 Å². The van der Waals surface area contributed by atoms with Crippen LogP contribution in [0.25, 0.3) is 0 Å². The minimum atomic E-state index is 0.123. The van der Waals surface area contributed by atoms with E-state index in [4.69, 9.17) is 0 Å². The summed E-state index contributed by atoms with van der Waals surface area (Å²) in [5, 5.41) is 3.04. The summed E-state index contributed by atoms with van der Waals surface area (Å²) in [4.78, 5) is 31.0. The summed E-state index contributed by atoms with van der Waals surface area (Å²) in [6.07, 6.45) is 2.24. The van der Waals surface area contributed by atoms with Crippen molar-refractivity contribution in [3.63, 3.8) is 0 Å². The average Bonchev–Trinajstić information content (AvgIpc) is 3.41.